The smallest absolute Gasteiger partial charge is 0.253 e. The number of piperidine rings is 1. The first-order valence-corrected chi connectivity index (χ1v) is 7.08. The molecule has 2 aliphatic heterocycles. The molecule has 1 aromatic heterocycles. The Kier molecular flexibility index (Phi) is 3.20. The van der Waals surface area contributed by atoms with Crippen molar-refractivity contribution in [3.63, 3.8) is 0 Å². The Morgan fingerprint density at radius 3 is 3.06 bits per heavy atom. The van der Waals surface area contributed by atoms with Crippen LogP contribution in [0.1, 0.15) is 50.2 Å². The zero-order valence-electron chi connectivity index (χ0n) is 11.0. The number of nitrogens with zero attached hydrogens (tertiary/aromatic N) is 2. The van der Waals surface area contributed by atoms with Crippen LogP contribution < -0.4 is 10.9 Å². The molecule has 4 nitrogen and oxygen atoms in total. The van der Waals surface area contributed by atoms with Gasteiger partial charge < -0.3 is 5.32 Å². The van der Waals surface area contributed by atoms with E-state index in [1.165, 1.54) is 12.8 Å². The summed E-state index contributed by atoms with van der Waals surface area (Å²) in [5, 5.41) is 3.47. The first kappa shape index (κ1) is 11.9. The second kappa shape index (κ2) is 4.84. The zero-order valence-corrected chi connectivity index (χ0v) is 11.0. The van der Waals surface area contributed by atoms with Crippen LogP contribution in [-0.2, 0) is 13.0 Å². The third kappa shape index (κ3) is 2.21. The minimum Gasteiger partial charge on any atom is -0.309 e. The lowest BCUT2D eigenvalue weighted by molar-refractivity contribution is 0.375. The van der Waals surface area contributed by atoms with E-state index in [1.54, 1.807) is 6.07 Å². The van der Waals surface area contributed by atoms with Crippen LogP contribution in [0.15, 0.2) is 10.9 Å². The number of rotatable bonds is 1. The van der Waals surface area contributed by atoms with Gasteiger partial charge in [-0.1, -0.05) is 13.3 Å². The van der Waals surface area contributed by atoms with E-state index >= 15 is 0 Å². The molecule has 1 fully saturated rings. The summed E-state index contributed by atoms with van der Waals surface area (Å²) in [4.78, 5) is 16.9. The van der Waals surface area contributed by atoms with E-state index in [0.717, 1.165) is 43.9 Å². The Hall–Kier alpha value is -1.16. The molecule has 0 bridgehead atoms. The molecular weight excluding hydrogens is 226 g/mol. The highest BCUT2D eigenvalue weighted by Gasteiger charge is 2.22. The van der Waals surface area contributed by atoms with Crippen LogP contribution in [-0.4, -0.2) is 16.1 Å². The number of hydrogen-bond donors (Lipinski definition) is 1. The fourth-order valence-corrected chi connectivity index (χ4v) is 3.01. The van der Waals surface area contributed by atoms with Crippen molar-refractivity contribution in [2.24, 2.45) is 5.92 Å². The summed E-state index contributed by atoms with van der Waals surface area (Å²) >= 11 is 0. The molecule has 98 valence electrons. The van der Waals surface area contributed by atoms with Gasteiger partial charge in [0.15, 0.2) is 0 Å². The van der Waals surface area contributed by atoms with Gasteiger partial charge in [-0.25, -0.2) is 4.98 Å². The van der Waals surface area contributed by atoms with E-state index in [9.17, 15) is 4.79 Å². The van der Waals surface area contributed by atoms with Crippen molar-refractivity contribution in [3.8, 4) is 0 Å². The first-order chi connectivity index (χ1) is 8.74. The first-order valence-electron chi connectivity index (χ1n) is 7.08. The van der Waals surface area contributed by atoms with Gasteiger partial charge in [0.25, 0.3) is 5.56 Å². The lowest BCUT2D eigenvalue weighted by Gasteiger charge is -2.26. The molecule has 0 saturated carbocycles. The fourth-order valence-electron chi connectivity index (χ4n) is 3.01. The van der Waals surface area contributed by atoms with E-state index in [0.29, 0.717) is 5.92 Å². The number of hydrogen-bond acceptors (Lipinski definition) is 3. The minimum absolute atomic E-state index is 0.134. The van der Waals surface area contributed by atoms with Crippen LogP contribution >= 0.6 is 0 Å². The van der Waals surface area contributed by atoms with Gasteiger partial charge >= 0.3 is 0 Å². The van der Waals surface area contributed by atoms with Crippen LogP contribution in [0.3, 0.4) is 0 Å². The van der Waals surface area contributed by atoms with E-state index in [2.05, 4.69) is 12.2 Å². The lowest BCUT2D eigenvalue weighted by Crippen LogP contribution is -2.34. The summed E-state index contributed by atoms with van der Waals surface area (Å²) in [5.74, 6) is 1.63. The van der Waals surface area contributed by atoms with Crippen molar-refractivity contribution in [1.82, 2.24) is 14.9 Å². The van der Waals surface area contributed by atoms with E-state index in [1.807, 2.05) is 4.57 Å². The van der Waals surface area contributed by atoms with Crippen molar-refractivity contribution in [2.75, 3.05) is 6.54 Å². The van der Waals surface area contributed by atoms with Gasteiger partial charge in [-0.3, -0.25) is 9.36 Å². The lowest BCUT2D eigenvalue weighted by atomic mass is 9.98. The standard InChI is InChI=1S/C14H21N3O/c1-10-5-7-17-13(8-10)16-12(9-14(17)18)11-4-2-3-6-15-11/h9-11,15H,2-8H2,1H3. The molecule has 1 N–H and O–H groups in total. The van der Waals surface area contributed by atoms with Gasteiger partial charge in [0.1, 0.15) is 5.82 Å². The third-order valence-corrected chi connectivity index (χ3v) is 4.15. The van der Waals surface area contributed by atoms with E-state index in [4.69, 9.17) is 4.98 Å². The maximum Gasteiger partial charge on any atom is 0.253 e. The Balaban J connectivity index is 1.94. The average Bonchev–Trinajstić information content (AvgIpc) is 2.39. The molecule has 4 heteroatoms. The molecule has 0 aromatic carbocycles. The van der Waals surface area contributed by atoms with Gasteiger partial charge in [0, 0.05) is 25.1 Å². The van der Waals surface area contributed by atoms with Crippen LogP contribution in [0.2, 0.25) is 0 Å². The Bertz CT molecular complexity index is 488. The molecule has 0 amide bonds. The zero-order chi connectivity index (χ0) is 12.5. The van der Waals surface area contributed by atoms with Crippen molar-refractivity contribution in [3.05, 3.63) is 27.9 Å². The molecule has 2 atom stereocenters. The molecule has 0 aliphatic carbocycles. The minimum atomic E-state index is 0.134. The quantitative estimate of drug-likeness (QED) is 0.820. The van der Waals surface area contributed by atoms with Crippen LogP contribution in [0.5, 0.6) is 0 Å². The monoisotopic (exact) mass is 247 g/mol. The normalized spacial score (nSPS) is 27.8. The molecule has 2 aliphatic rings. The predicted molar refractivity (Wildman–Crippen MR) is 70.6 cm³/mol. The summed E-state index contributed by atoms with van der Waals surface area (Å²) < 4.78 is 1.85. The van der Waals surface area contributed by atoms with Crippen molar-refractivity contribution >= 4 is 0 Å². The van der Waals surface area contributed by atoms with Crippen molar-refractivity contribution in [2.45, 2.75) is 51.6 Å². The maximum atomic E-state index is 12.1. The van der Waals surface area contributed by atoms with Gasteiger partial charge in [0.2, 0.25) is 0 Å². The topological polar surface area (TPSA) is 46.9 Å². The molecule has 1 aromatic rings. The van der Waals surface area contributed by atoms with E-state index in [-0.39, 0.29) is 11.6 Å². The largest absolute Gasteiger partial charge is 0.309 e. The Morgan fingerprint density at radius 1 is 1.39 bits per heavy atom. The molecule has 3 heterocycles. The van der Waals surface area contributed by atoms with Gasteiger partial charge in [-0.15, -0.1) is 0 Å². The van der Waals surface area contributed by atoms with Gasteiger partial charge in [0.05, 0.1) is 5.69 Å². The van der Waals surface area contributed by atoms with Gasteiger partial charge in [-0.2, -0.15) is 0 Å². The predicted octanol–water partition coefficient (Wildman–Crippen LogP) is 1.64. The Morgan fingerprint density at radius 2 is 2.28 bits per heavy atom. The summed E-state index contributed by atoms with van der Waals surface area (Å²) in [6.45, 7) is 4.11. The van der Waals surface area contributed by atoms with Crippen LogP contribution in [0.4, 0.5) is 0 Å². The van der Waals surface area contributed by atoms with Crippen molar-refractivity contribution < 1.29 is 0 Å². The van der Waals surface area contributed by atoms with Gasteiger partial charge in [-0.05, 0) is 31.7 Å². The number of aromatic nitrogens is 2. The fraction of sp³-hybridized carbons (Fsp3) is 0.714. The van der Waals surface area contributed by atoms with E-state index < -0.39 is 0 Å². The second-order valence-electron chi connectivity index (χ2n) is 5.69. The van der Waals surface area contributed by atoms with Crippen LogP contribution in [0, 0.1) is 5.92 Å². The maximum absolute atomic E-state index is 12.1. The summed E-state index contributed by atoms with van der Waals surface area (Å²) in [5.41, 5.74) is 1.09. The molecule has 18 heavy (non-hydrogen) atoms. The molecule has 0 spiro atoms. The number of fused-ring (bicyclic) bond motifs is 1. The van der Waals surface area contributed by atoms with Crippen molar-refractivity contribution in [1.29, 1.82) is 0 Å². The van der Waals surface area contributed by atoms with Crippen LogP contribution in [0.25, 0.3) is 0 Å². The number of nitrogens with one attached hydrogen (secondary N) is 1. The molecule has 3 rings (SSSR count). The highest BCUT2D eigenvalue weighted by Crippen LogP contribution is 2.22. The molecule has 0 radical (unpaired) electrons. The summed E-state index contributed by atoms with van der Waals surface area (Å²) in [6, 6.07) is 2.03. The SMILES string of the molecule is CC1CCn2c(nc(C3CCCCN3)cc2=O)C1. The summed E-state index contributed by atoms with van der Waals surface area (Å²) in [7, 11) is 0. The second-order valence-corrected chi connectivity index (χ2v) is 5.69. The third-order valence-electron chi connectivity index (χ3n) is 4.15. The highest BCUT2D eigenvalue weighted by molar-refractivity contribution is 5.11. The Labute approximate surface area is 107 Å². The average molecular weight is 247 g/mol. The summed E-state index contributed by atoms with van der Waals surface area (Å²) in [6.07, 6.45) is 5.60. The molecule has 2 unspecified atom stereocenters. The highest BCUT2D eigenvalue weighted by atomic mass is 16.1. The molecular formula is C14H21N3O. The molecule has 1 saturated heterocycles.